The van der Waals surface area contributed by atoms with E-state index in [0.29, 0.717) is 16.4 Å². The summed E-state index contributed by atoms with van der Waals surface area (Å²) in [7, 11) is 0. The highest BCUT2D eigenvalue weighted by atomic mass is 32.1. The summed E-state index contributed by atoms with van der Waals surface area (Å²) in [5.74, 6) is -0.284. The van der Waals surface area contributed by atoms with Crippen LogP contribution in [0, 0.1) is 18.3 Å². The van der Waals surface area contributed by atoms with Crippen molar-refractivity contribution in [2.24, 2.45) is 0 Å². The van der Waals surface area contributed by atoms with E-state index in [-0.39, 0.29) is 11.6 Å². The minimum Gasteiger partial charge on any atom is -0.375 e. The monoisotopic (exact) mass is 309 g/mol. The lowest BCUT2D eigenvalue weighted by molar-refractivity contribution is 0.102. The number of amides is 1. The molecule has 0 aliphatic carbocycles. The average molecular weight is 309 g/mol. The summed E-state index contributed by atoms with van der Waals surface area (Å²) >= 11 is 1.38. The molecule has 0 bridgehead atoms. The van der Waals surface area contributed by atoms with Crippen LogP contribution >= 0.6 is 11.3 Å². The highest BCUT2D eigenvalue weighted by molar-refractivity contribution is 7.22. The molecule has 0 atom stereocenters. The Morgan fingerprint density at radius 2 is 2.23 bits per heavy atom. The number of anilines is 2. The van der Waals surface area contributed by atoms with Crippen molar-refractivity contribution in [3.05, 3.63) is 47.3 Å². The normalized spacial score (nSPS) is 10.4. The Labute approximate surface area is 130 Å². The van der Waals surface area contributed by atoms with Gasteiger partial charge in [-0.3, -0.25) is 4.79 Å². The predicted molar refractivity (Wildman–Crippen MR) is 85.7 cm³/mol. The molecule has 0 unspecified atom stereocenters. The van der Waals surface area contributed by atoms with Crippen LogP contribution in [0.4, 0.5) is 10.8 Å². The van der Waals surface area contributed by atoms with Gasteiger partial charge in [0.1, 0.15) is 11.8 Å². The van der Waals surface area contributed by atoms with Crippen molar-refractivity contribution in [1.29, 1.82) is 5.26 Å². The van der Waals surface area contributed by atoms with Gasteiger partial charge in [0.2, 0.25) is 0 Å². The molecular formula is C15H11N5OS. The van der Waals surface area contributed by atoms with Gasteiger partial charge < -0.3 is 11.1 Å². The number of thiazole rings is 1. The number of aromatic nitrogens is 2. The summed E-state index contributed by atoms with van der Waals surface area (Å²) in [6.45, 7) is 1.92. The van der Waals surface area contributed by atoms with E-state index in [9.17, 15) is 4.79 Å². The number of fused-ring (bicyclic) bond motifs is 1. The number of nitrogens with one attached hydrogen (secondary N) is 1. The van der Waals surface area contributed by atoms with Crippen molar-refractivity contribution in [2.75, 3.05) is 11.1 Å². The first-order valence-electron chi connectivity index (χ1n) is 6.41. The van der Waals surface area contributed by atoms with Crippen molar-refractivity contribution >= 4 is 38.3 Å². The minimum absolute atomic E-state index is 0.272. The lowest BCUT2D eigenvalue weighted by Gasteiger charge is -2.06. The average Bonchev–Trinajstić information content (AvgIpc) is 2.88. The smallest absolute Gasteiger partial charge is 0.257 e. The van der Waals surface area contributed by atoms with Gasteiger partial charge >= 0.3 is 0 Å². The molecule has 7 heteroatoms. The predicted octanol–water partition coefficient (Wildman–Crippen LogP) is 2.71. The number of nitrogen functional groups attached to an aromatic ring is 1. The molecular weight excluding hydrogens is 298 g/mol. The SMILES string of the molecule is Cc1cc(NC(=O)c2ccc(C#N)nc2)cc2sc(N)nc12. The third kappa shape index (κ3) is 2.60. The second-order valence-corrected chi connectivity index (χ2v) is 5.75. The van der Waals surface area contributed by atoms with Crippen molar-refractivity contribution in [3.63, 3.8) is 0 Å². The van der Waals surface area contributed by atoms with Gasteiger partial charge in [0.25, 0.3) is 5.91 Å². The number of hydrogen-bond donors (Lipinski definition) is 2. The van der Waals surface area contributed by atoms with Gasteiger partial charge in [-0.15, -0.1) is 0 Å². The maximum absolute atomic E-state index is 12.2. The van der Waals surface area contributed by atoms with Crippen molar-refractivity contribution in [3.8, 4) is 6.07 Å². The number of benzene rings is 1. The number of hydrogen-bond acceptors (Lipinski definition) is 6. The summed E-state index contributed by atoms with van der Waals surface area (Å²) in [4.78, 5) is 20.3. The Morgan fingerprint density at radius 1 is 1.41 bits per heavy atom. The second-order valence-electron chi connectivity index (χ2n) is 4.69. The van der Waals surface area contributed by atoms with E-state index in [2.05, 4.69) is 15.3 Å². The lowest BCUT2D eigenvalue weighted by atomic mass is 10.2. The van der Waals surface area contributed by atoms with Crippen molar-refractivity contribution in [1.82, 2.24) is 9.97 Å². The van der Waals surface area contributed by atoms with Crippen molar-refractivity contribution in [2.45, 2.75) is 6.92 Å². The summed E-state index contributed by atoms with van der Waals surface area (Å²) in [5.41, 5.74) is 8.84. The number of rotatable bonds is 2. The zero-order valence-corrected chi connectivity index (χ0v) is 12.4. The van der Waals surface area contributed by atoms with Crippen LogP contribution in [0.25, 0.3) is 10.2 Å². The Balaban J connectivity index is 1.88. The number of aryl methyl sites for hydroxylation is 1. The molecule has 22 heavy (non-hydrogen) atoms. The van der Waals surface area contributed by atoms with Gasteiger partial charge in [0, 0.05) is 11.9 Å². The molecule has 0 spiro atoms. The van der Waals surface area contributed by atoms with E-state index in [1.54, 1.807) is 6.07 Å². The zero-order valence-electron chi connectivity index (χ0n) is 11.6. The Kier molecular flexibility index (Phi) is 3.45. The lowest BCUT2D eigenvalue weighted by Crippen LogP contribution is -2.12. The molecule has 0 aliphatic heterocycles. The van der Waals surface area contributed by atoms with Crippen LogP contribution in [0.3, 0.4) is 0 Å². The molecule has 3 rings (SSSR count). The molecule has 3 aromatic rings. The van der Waals surface area contributed by atoms with Crippen LogP contribution in [0.2, 0.25) is 0 Å². The zero-order chi connectivity index (χ0) is 15.7. The van der Waals surface area contributed by atoms with Crippen LogP contribution in [0.15, 0.2) is 30.5 Å². The van der Waals surface area contributed by atoms with Gasteiger partial charge in [0.05, 0.1) is 15.8 Å². The highest BCUT2D eigenvalue weighted by Crippen LogP contribution is 2.29. The first-order chi connectivity index (χ1) is 10.6. The van der Waals surface area contributed by atoms with Gasteiger partial charge in [-0.25, -0.2) is 9.97 Å². The molecule has 2 heterocycles. The summed E-state index contributed by atoms with van der Waals surface area (Å²) in [6, 6.07) is 8.67. The van der Waals surface area contributed by atoms with E-state index in [1.165, 1.54) is 23.6 Å². The first-order valence-corrected chi connectivity index (χ1v) is 7.22. The van der Waals surface area contributed by atoms with Crippen LogP contribution in [0.1, 0.15) is 21.6 Å². The molecule has 0 radical (unpaired) electrons. The van der Waals surface area contributed by atoms with Gasteiger partial charge in [-0.1, -0.05) is 11.3 Å². The quantitative estimate of drug-likeness (QED) is 0.757. The largest absolute Gasteiger partial charge is 0.375 e. The molecule has 0 fully saturated rings. The fraction of sp³-hybridized carbons (Fsp3) is 0.0667. The molecule has 2 aromatic heterocycles. The maximum atomic E-state index is 12.2. The fourth-order valence-corrected chi connectivity index (χ4v) is 2.94. The van der Waals surface area contributed by atoms with Gasteiger partial charge in [-0.05, 0) is 36.8 Å². The van der Waals surface area contributed by atoms with E-state index < -0.39 is 0 Å². The van der Waals surface area contributed by atoms with Gasteiger partial charge in [-0.2, -0.15) is 5.26 Å². The van der Waals surface area contributed by atoms with Crippen molar-refractivity contribution < 1.29 is 4.79 Å². The Bertz CT molecular complexity index is 908. The molecule has 1 amide bonds. The Hall–Kier alpha value is -2.98. The molecule has 108 valence electrons. The summed E-state index contributed by atoms with van der Waals surface area (Å²) < 4.78 is 0.922. The number of nitrogens with two attached hydrogens (primary N) is 1. The van der Waals surface area contributed by atoms with E-state index in [4.69, 9.17) is 11.0 Å². The molecule has 3 N–H and O–H groups in total. The van der Waals surface area contributed by atoms with Crippen LogP contribution in [-0.4, -0.2) is 15.9 Å². The van der Waals surface area contributed by atoms with Gasteiger partial charge in [0.15, 0.2) is 5.13 Å². The number of carbonyl (C=O) groups excluding carboxylic acids is 1. The summed E-state index contributed by atoms with van der Waals surface area (Å²) in [6.07, 6.45) is 1.38. The molecule has 0 aliphatic rings. The van der Waals surface area contributed by atoms with Crippen LogP contribution < -0.4 is 11.1 Å². The third-order valence-electron chi connectivity index (χ3n) is 3.10. The molecule has 6 nitrogen and oxygen atoms in total. The number of pyridine rings is 1. The maximum Gasteiger partial charge on any atom is 0.257 e. The highest BCUT2D eigenvalue weighted by Gasteiger charge is 2.10. The van der Waals surface area contributed by atoms with Crippen LogP contribution in [-0.2, 0) is 0 Å². The van der Waals surface area contributed by atoms with E-state index in [0.717, 1.165) is 15.8 Å². The van der Waals surface area contributed by atoms with Crippen LogP contribution in [0.5, 0.6) is 0 Å². The first kappa shape index (κ1) is 14.0. The van der Waals surface area contributed by atoms with E-state index >= 15 is 0 Å². The van der Waals surface area contributed by atoms with E-state index in [1.807, 2.05) is 25.1 Å². The summed E-state index contributed by atoms with van der Waals surface area (Å²) in [5, 5.41) is 12.0. The molecule has 1 aromatic carbocycles. The fourth-order valence-electron chi connectivity index (χ4n) is 2.08. The number of nitrogens with zero attached hydrogens (tertiary/aromatic N) is 3. The Morgan fingerprint density at radius 3 is 2.91 bits per heavy atom. The minimum atomic E-state index is -0.284. The standard InChI is InChI=1S/C15H11N5OS/c1-8-4-11(5-12-13(8)20-15(17)22-12)19-14(21)9-2-3-10(6-16)18-7-9/h2-5,7H,1H3,(H2,17,20)(H,19,21). The number of carbonyl (C=O) groups is 1. The molecule has 0 saturated carbocycles. The number of nitriles is 1. The second kappa shape index (κ2) is 5.42. The topological polar surface area (TPSA) is 105 Å². The molecule has 0 saturated heterocycles. The third-order valence-corrected chi connectivity index (χ3v) is 3.93.